The summed E-state index contributed by atoms with van der Waals surface area (Å²) in [5, 5.41) is 3.13. The van der Waals surface area contributed by atoms with Crippen molar-refractivity contribution in [3.8, 4) is 0 Å². The van der Waals surface area contributed by atoms with Crippen LogP contribution in [0, 0.1) is 0 Å². The fraction of sp³-hybridized carbons (Fsp3) is 0.400. The van der Waals surface area contributed by atoms with Crippen LogP contribution >= 0.6 is 0 Å². The Morgan fingerprint density at radius 1 is 1.67 bits per heavy atom. The minimum Gasteiger partial charge on any atom is -0.366 e. The highest BCUT2D eigenvalue weighted by atomic mass is 16.1. The van der Waals surface area contributed by atoms with Crippen molar-refractivity contribution in [3.05, 3.63) is 23.9 Å². The molecule has 5 heteroatoms. The van der Waals surface area contributed by atoms with Crippen molar-refractivity contribution in [1.29, 1.82) is 0 Å². The number of nitrogens with zero attached hydrogens (tertiary/aromatic N) is 1. The molecule has 0 saturated heterocycles. The summed E-state index contributed by atoms with van der Waals surface area (Å²) in [7, 11) is 0. The number of aromatic nitrogens is 1. The van der Waals surface area contributed by atoms with Gasteiger partial charge in [-0.1, -0.05) is 6.92 Å². The number of hydrogen-bond donors (Lipinski definition) is 3. The summed E-state index contributed by atoms with van der Waals surface area (Å²) in [5.74, 6) is 0.171. The Labute approximate surface area is 88.9 Å². The molecule has 1 unspecified atom stereocenters. The van der Waals surface area contributed by atoms with Crippen LogP contribution in [0.1, 0.15) is 23.7 Å². The predicted octanol–water partition coefficient (Wildman–Crippen LogP) is 0.330. The van der Waals surface area contributed by atoms with Gasteiger partial charge in [0.1, 0.15) is 5.82 Å². The van der Waals surface area contributed by atoms with Gasteiger partial charge in [0.2, 0.25) is 5.91 Å². The van der Waals surface area contributed by atoms with Crippen LogP contribution in [0.2, 0.25) is 0 Å². The number of nitrogens with two attached hydrogens (primary N) is 2. The Morgan fingerprint density at radius 2 is 2.40 bits per heavy atom. The molecule has 0 aliphatic rings. The molecule has 0 aliphatic carbocycles. The Balaban J connectivity index is 2.77. The molecule has 82 valence electrons. The van der Waals surface area contributed by atoms with E-state index in [1.54, 1.807) is 18.3 Å². The standard InChI is InChI=1S/C10H16N4O/c1-2-8(6-11)14-9-5-7(10(12)15)3-4-13-9/h3-5,8H,2,6,11H2,1H3,(H2,12,15)(H,13,14). The molecule has 0 aromatic carbocycles. The number of carbonyl (C=O) groups is 1. The molecule has 5 nitrogen and oxygen atoms in total. The lowest BCUT2D eigenvalue weighted by molar-refractivity contribution is 0.1000. The highest BCUT2D eigenvalue weighted by Crippen LogP contribution is 2.08. The Bertz CT molecular complexity index is 336. The molecule has 0 fully saturated rings. The summed E-state index contributed by atoms with van der Waals surface area (Å²) >= 11 is 0. The predicted molar refractivity (Wildman–Crippen MR) is 59.5 cm³/mol. The van der Waals surface area contributed by atoms with Crippen LogP contribution in [0.25, 0.3) is 0 Å². The third kappa shape index (κ3) is 3.21. The average Bonchev–Trinajstić information content (AvgIpc) is 2.26. The van der Waals surface area contributed by atoms with E-state index in [0.717, 1.165) is 6.42 Å². The van der Waals surface area contributed by atoms with E-state index >= 15 is 0 Å². The third-order valence-electron chi connectivity index (χ3n) is 2.17. The van der Waals surface area contributed by atoms with Crippen LogP contribution in [0.4, 0.5) is 5.82 Å². The molecular formula is C10H16N4O. The summed E-state index contributed by atoms with van der Waals surface area (Å²) in [5.41, 5.74) is 11.2. The van der Waals surface area contributed by atoms with Crippen LogP contribution in [0.3, 0.4) is 0 Å². The molecule has 1 amide bonds. The van der Waals surface area contributed by atoms with Crippen LogP contribution < -0.4 is 16.8 Å². The van der Waals surface area contributed by atoms with Crippen molar-refractivity contribution < 1.29 is 4.79 Å². The second kappa shape index (κ2) is 5.31. The number of carbonyl (C=O) groups excluding carboxylic acids is 1. The minimum absolute atomic E-state index is 0.167. The summed E-state index contributed by atoms with van der Waals surface area (Å²) < 4.78 is 0. The number of amides is 1. The van der Waals surface area contributed by atoms with Gasteiger partial charge in [0.25, 0.3) is 0 Å². The first-order valence-corrected chi connectivity index (χ1v) is 4.89. The van der Waals surface area contributed by atoms with Crippen LogP contribution in [0.5, 0.6) is 0 Å². The van der Waals surface area contributed by atoms with Crippen molar-refractivity contribution in [2.45, 2.75) is 19.4 Å². The maximum Gasteiger partial charge on any atom is 0.248 e. The number of primary amides is 1. The second-order valence-corrected chi connectivity index (χ2v) is 3.28. The lowest BCUT2D eigenvalue weighted by Crippen LogP contribution is -2.28. The fourth-order valence-electron chi connectivity index (χ4n) is 1.20. The Morgan fingerprint density at radius 3 is 2.93 bits per heavy atom. The zero-order valence-electron chi connectivity index (χ0n) is 8.73. The fourth-order valence-corrected chi connectivity index (χ4v) is 1.20. The van der Waals surface area contributed by atoms with Gasteiger partial charge in [-0.05, 0) is 18.6 Å². The van der Waals surface area contributed by atoms with E-state index in [-0.39, 0.29) is 6.04 Å². The molecule has 0 saturated carbocycles. The molecule has 1 aromatic rings. The molecular weight excluding hydrogens is 192 g/mol. The van der Waals surface area contributed by atoms with Crippen LogP contribution in [-0.4, -0.2) is 23.5 Å². The van der Waals surface area contributed by atoms with E-state index in [4.69, 9.17) is 11.5 Å². The SMILES string of the molecule is CCC(CN)Nc1cc(C(N)=O)ccn1. The molecule has 0 spiro atoms. The van der Waals surface area contributed by atoms with E-state index in [9.17, 15) is 4.79 Å². The number of hydrogen-bond acceptors (Lipinski definition) is 4. The summed E-state index contributed by atoms with van der Waals surface area (Å²) in [4.78, 5) is 15.0. The second-order valence-electron chi connectivity index (χ2n) is 3.28. The van der Waals surface area contributed by atoms with Gasteiger partial charge in [-0.2, -0.15) is 0 Å². The lowest BCUT2D eigenvalue weighted by Gasteiger charge is -2.15. The van der Waals surface area contributed by atoms with Gasteiger partial charge in [0.05, 0.1) is 0 Å². The maximum absolute atomic E-state index is 10.9. The molecule has 1 heterocycles. The molecule has 0 radical (unpaired) electrons. The maximum atomic E-state index is 10.9. The summed E-state index contributed by atoms with van der Waals surface area (Å²) in [6.07, 6.45) is 2.45. The largest absolute Gasteiger partial charge is 0.366 e. The number of rotatable bonds is 5. The van der Waals surface area contributed by atoms with Crippen molar-refractivity contribution in [3.63, 3.8) is 0 Å². The number of pyridine rings is 1. The smallest absolute Gasteiger partial charge is 0.248 e. The van der Waals surface area contributed by atoms with Gasteiger partial charge in [-0.3, -0.25) is 4.79 Å². The molecule has 5 N–H and O–H groups in total. The van der Waals surface area contributed by atoms with Crippen molar-refractivity contribution in [1.82, 2.24) is 4.98 Å². The van der Waals surface area contributed by atoms with Gasteiger partial charge in [0, 0.05) is 24.3 Å². The number of nitrogens with one attached hydrogen (secondary N) is 1. The zero-order chi connectivity index (χ0) is 11.3. The first-order valence-electron chi connectivity index (χ1n) is 4.89. The van der Waals surface area contributed by atoms with Crippen molar-refractivity contribution in [2.75, 3.05) is 11.9 Å². The number of anilines is 1. The van der Waals surface area contributed by atoms with Gasteiger partial charge in [-0.15, -0.1) is 0 Å². The highest BCUT2D eigenvalue weighted by molar-refractivity contribution is 5.93. The van der Waals surface area contributed by atoms with E-state index in [1.807, 2.05) is 6.92 Å². The quantitative estimate of drug-likeness (QED) is 0.650. The van der Waals surface area contributed by atoms with Gasteiger partial charge in [-0.25, -0.2) is 4.98 Å². The first-order chi connectivity index (χ1) is 7.17. The topological polar surface area (TPSA) is 94.0 Å². The van der Waals surface area contributed by atoms with Crippen molar-refractivity contribution >= 4 is 11.7 Å². The van der Waals surface area contributed by atoms with E-state index < -0.39 is 5.91 Å². The summed E-state index contributed by atoms with van der Waals surface area (Å²) in [6.45, 7) is 2.56. The van der Waals surface area contributed by atoms with Crippen molar-refractivity contribution in [2.24, 2.45) is 11.5 Å². The van der Waals surface area contributed by atoms with E-state index in [1.165, 1.54) is 0 Å². The van der Waals surface area contributed by atoms with E-state index in [2.05, 4.69) is 10.3 Å². The first kappa shape index (κ1) is 11.5. The normalized spacial score (nSPS) is 12.1. The lowest BCUT2D eigenvalue weighted by atomic mass is 10.2. The molecule has 0 bridgehead atoms. The monoisotopic (exact) mass is 208 g/mol. The van der Waals surface area contributed by atoms with Gasteiger partial charge < -0.3 is 16.8 Å². The molecule has 1 atom stereocenters. The van der Waals surface area contributed by atoms with E-state index in [0.29, 0.717) is 17.9 Å². The molecule has 15 heavy (non-hydrogen) atoms. The molecule has 1 aromatic heterocycles. The highest BCUT2D eigenvalue weighted by Gasteiger charge is 2.06. The Kier molecular flexibility index (Phi) is 4.05. The van der Waals surface area contributed by atoms with Gasteiger partial charge >= 0.3 is 0 Å². The average molecular weight is 208 g/mol. The zero-order valence-corrected chi connectivity index (χ0v) is 8.73. The molecule has 1 rings (SSSR count). The van der Waals surface area contributed by atoms with Crippen LogP contribution in [0.15, 0.2) is 18.3 Å². The van der Waals surface area contributed by atoms with Crippen LogP contribution in [-0.2, 0) is 0 Å². The summed E-state index contributed by atoms with van der Waals surface area (Å²) in [6, 6.07) is 3.37. The molecule has 0 aliphatic heterocycles. The Hall–Kier alpha value is -1.62. The minimum atomic E-state index is -0.457. The van der Waals surface area contributed by atoms with Gasteiger partial charge in [0.15, 0.2) is 0 Å². The third-order valence-corrected chi connectivity index (χ3v) is 2.17.